The quantitative estimate of drug-likeness (QED) is 0.851. The Morgan fingerprint density at radius 2 is 1.89 bits per heavy atom. The average molecular weight is 266 g/mol. The lowest BCUT2D eigenvalue weighted by molar-refractivity contribution is 0.253. The van der Waals surface area contributed by atoms with Gasteiger partial charge in [0.15, 0.2) is 0 Å². The summed E-state index contributed by atoms with van der Waals surface area (Å²) in [5.74, 6) is 0.963. The van der Waals surface area contributed by atoms with Crippen LogP contribution in [0.4, 0.5) is 0 Å². The van der Waals surface area contributed by atoms with Gasteiger partial charge in [-0.3, -0.25) is 0 Å². The Kier molecular flexibility index (Phi) is 3.43. The first kappa shape index (κ1) is 13.4. The van der Waals surface area contributed by atoms with Crippen molar-refractivity contribution < 1.29 is 4.42 Å². The van der Waals surface area contributed by atoms with Gasteiger partial charge >= 0.3 is 0 Å². The first-order valence-corrected chi connectivity index (χ1v) is 6.57. The third kappa shape index (κ3) is 2.40. The molecule has 1 aromatic heterocycles. The zero-order chi connectivity index (χ0) is 13.5. The normalized spacial score (nSPS) is 14.1. The Hall–Kier alpha value is -0.990. The van der Waals surface area contributed by atoms with Crippen molar-refractivity contribution in [3.8, 4) is 0 Å². The summed E-state index contributed by atoms with van der Waals surface area (Å²) in [6, 6.07) is 6.15. The zero-order valence-electron chi connectivity index (χ0n) is 11.6. The molecule has 0 aliphatic rings. The summed E-state index contributed by atoms with van der Waals surface area (Å²) in [6.45, 7) is 8.61. The third-order valence-corrected chi connectivity index (χ3v) is 3.44. The minimum atomic E-state index is 0.0975. The summed E-state index contributed by atoms with van der Waals surface area (Å²) in [6.07, 6.45) is 0. The summed E-state index contributed by atoms with van der Waals surface area (Å²) < 4.78 is 6.01. The Balaban J connectivity index is 2.56. The summed E-state index contributed by atoms with van der Waals surface area (Å²) >= 11 is 6.08. The van der Waals surface area contributed by atoms with Crippen LogP contribution in [-0.2, 0) is 0 Å². The van der Waals surface area contributed by atoms with Gasteiger partial charge < -0.3 is 9.73 Å². The van der Waals surface area contributed by atoms with Crippen molar-refractivity contribution in [3.05, 3.63) is 34.5 Å². The van der Waals surface area contributed by atoms with Crippen molar-refractivity contribution >= 4 is 22.6 Å². The molecule has 1 heterocycles. The molecule has 18 heavy (non-hydrogen) atoms. The molecule has 0 saturated carbocycles. The summed E-state index contributed by atoms with van der Waals surface area (Å²) in [7, 11) is 1.96. The lowest BCUT2D eigenvalue weighted by Crippen LogP contribution is -2.29. The SMILES string of the molecule is CNC(c1cc2cc(Cl)cc(C)c2o1)C(C)(C)C. The van der Waals surface area contributed by atoms with Gasteiger partial charge in [-0.15, -0.1) is 0 Å². The number of furan rings is 1. The fraction of sp³-hybridized carbons (Fsp3) is 0.467. The molecule has 0 aliphatic carbocycles. The van der Waals surface area contributed by atoms with Gasteiger partial charge in [0.2, 0.25) is 0 Å². The van der Waals surface area contributed by atoms with Gasteiger partial charge in [0, 0.05) is 10.4 Å². The maximum absolute atomic E-state index is 6.08. The van der Waals surface area contributed by atoms with Gasteiger partial charge in [0.25, 0.3) is 0 Å². The van der Waals surface area contributed by atoms with Crippen molar-refractivity contribution in [2.75, 3.05) is 7.05 Å². The molecule has 1 unspecified atom stereocenters. The lowest BCUT2D eigenvalue weighted by atomic mass is 9.85. The minimum absolute atomic E-state index is 0.0975. The molecule has 98 valence electrons. The number of nitrogens with one attached hydrogen (secondary N) is 1. The Morgan fingerprint density at radius 1 is 1.22 bits per heavy atom. The molecule has 1 N–H and O–H groups in total. The monoisotopic (exact) mass is 265 g/mol. The Morgan fingerprint density at radius 3 is 2.44 bits per heavy atom. The van der Waals surface area contributed by atoms with E-state index in [2.05, 4.69) is 32.2 Å². The number of hydrogen-bond acceptors (Lipinski definition) is 2. The van der Waals surface area contributed by atoms with E-state index in [0.29, 0.717) is 0 Å². The van der Waals surface area contributed by atoms with Crippen LogP contribution in [-0.4, -0.2) is 7.05 Å². The van der Waals surface area contributed by atoms with Crippen LogP contribution in [0.25, 0.3) is 11.0 Å². The highest BCUT2D eigenvalue weighted by Gasteiger charge is 2.27. The van der Waals surface area contributed by atoms with E-state index in [4.69, 9.17) is 16.0 Å². The minimum Gasteiger partial charge on any atom is -0.459 e. The molecule has 2 aromatic rings. The van der Waals surface area contributed by atoms with Crippen LogP contribution in [0.15, 0.2) is 22.6 Å². The second-order valence-corrected chi connectivity index (χ2v) is 6.31. The van der Waals surface area contributed by atoms with E-state index in [9.17, 15) is 0 Å². The topological polar surface area (TPSA) is 25.2 Å². The van der Waals surface area contributed by atoms with E-state index in [-0.39, 0.29) is 11.5 Å². The molecule has 1 atom stereocenters. The Labute approximate surface area is 113 Å². The number of halogens is 1. The van der Waals surface area contributed by atoms with Gasteiger partial charge in [0.1, 0.15) is 11.3 Å². The zero-order valence-corrected chi connectivity index (χ0v) is 12.4. The molecular weight excluding hydrogens is 246 g/mol. The van der Waals surface area contributed by atoms with Gasteiger partial charge in [-0.1, -0.05) is 32.4 Å². The van der Waals surface area contributed by atoms with E-state index < -0.39 is 0 Å². The molecule has 0 aliphatic heterocycles. The number of benzene rings is 1. The van der Waals surface area contributed by atoms with E-state index >= 15 is 0 Å². The van der Waals surface area contributed by atoms with Crippen molar-refractivity contribution in [3.63, 3.8) is 0 Å². The van der Waals surface area contributed by atoms with Crippen LogP contribution in [0.2, 0.25) is 5.02 Å². The molecule has 0 spiro atoms. The highest BCUT2D eigenvalue weighted by Crippen LogP contribution is 2.36. The van der Waals surface area contributed by atoms with Crippen molar-refractivity contribution in [2.24, 2.45) is 5.41 Å². The van der Waals surface area contributed by atoms with E-state index in [0.717, 1.165) is 27.3 Å². The van der Waals surface area contributed by atoms with Crippen LogP contribution >= 0.6 is 11.6 Å². The van der Waals surface area contributed by atoms with Crippen LogP contribution in [0, 0.1) is 12.3 Å². The molecule has 3 heteroatoms. The van der Waals surface area contributed by atoms with E-state index in [1.807, 2.05) is 26.1 Å². The maximum Gasteiger partial charge on any atom is 0.137 e. The molecule has 0 amide bonds. The molecule has 0 saturated heterocycles. The number of fused-ring (bicyclic) bond motifs is 1. The highest BCUT2D eigenvalue weighted by molar-refractivity contribution is 6.31. The summed E-state index contributed by atoms with van der Waals surface area (Å²) in [4.78, 5) is 0. The smallest absolute Gasteiger partial charge is 0.137 e. The predicted octanol–water partition coefficient (Wildman–Crippen LogP) is 4.70. The van der Waals surface area contributed by atoms with Crippen LogP contribution in [0.1, 0.15) is 38.1 Å². The van der Waals surface area contributed by atoms with E-state index in [1.54, 1.807) is 0 Å². The first-order chi connectivity index (χ1) is 8.32. The average Bonchev–Trinajstić information content (AvgIpc) is 2.59. The maximum atomic E-state index is 6.08. The number of hydrogen-bond donors (Lipinski definition) is 1. The van der Waals surface area contributed by atoms with Gasteiger partial charge in [-0.2, -0.15) is 0 Å². The number of rotatable bonds is 2. The van der Waals surface area contributed by atoms with Crippen molar-refractivity contribution in [1.82, 2.24) is 5.32 Å². The summed E-state index contributed by atoms with van der Waals surface area (Å²) in [5.41, 5.74) is 2.10. The van der Waals surface area contributed by atoms with Gasteiger partial charge in [0.05, 0.1) is 6.04 Å². The second kappa shape index (κ2) is 4.60. The first-order valence-electron chi connectivity index (χ1n) is 6.20. The largest absolute Gasteiger partial charge is 0.459 e. The molecule has 1 aromatic carbocycles. The van der Waals surface area contributed by atoms with Crippen LogP contribution in [0.5, 0.6) is 0 Å². The predicted molar refractivity (Wildman–Crippen MR) is 77.2 cm³/mol. The summed E-state index contributed by atoms with van der Waals surface area (Å²) in [5, 5.41) is 5.15. The second-order valence-electron chi connectivity index (χ2n) is 5.88. The molecule has 0 bridgehead atoms. The van der Waals surface area contributed by atoms with E-state index in [1.165, 1.54) is 0 Å². The standard InChI is InChI=1S/C15H20ClNO/c1-9-6-11(16)7-10-8-12(18-13(9)10)14(17-5)15(2,3)4/h6-8,14,17H,1-5H3. The van der Waals surface area contributed by atoms with Crippen molar-refractivity contribution in [2.45, 2.75) is 33.7 Å². The van der Waals surface area contributed by atoms with Gasteiger partial charge in [-0.25, -0.2) is 0 Å². The lowest BCUT2D eigenvalue weighted by Gasteiger charge is -2.28. The van der Waals surface area contributed by atoms with Crippen molar-refractivity contribution in [1.29, 1.82) is 0 Å². The fourth-order valence-corrected chi connectivity index (χ4v) is 2.73. The molecule has 2 nitrogen and oxygen atoms in total. The van der Waals surface area contributed by atoms with Crippen LogP contribution < -0.4 is 5.32 Å². The highest BCUT2D eigenvalue weighted by atomic mass is 35.5. The van der Waals surface area contributed by atoms with Crippen LogP contribution in [0.3, 0.4) is 0 Å². The van der Waals surface area contributed by atoms with Gasteiger partial charge in [-0.05, 0) is 43.1 Å². The third-order valence-electron chi connectivity index (χ3n) is 3.23. The molecule has 0 fully saturated rings. The number of aryl methyl sites for hydroxylation is 1. The molecule has 2 rings (SSSR count). The molecule has 0 radical (unpaired) electrons. The fourth-order valence-electron chi connectivity index (χ4n) is 2.45. The molecular formula is C15H20ClNO. The Bertz CT molecular complexity index is 566.